The molecular formula is C19H24Cl2FN3O2. The van der Waals surface area contributed by atoms with E-state index in [4.69, 9.17) is 10.5 Å². The number of rotatable bonds is 5. The Morgan fingerprint density at radius 1 is 1.19 bits per heavy atom. The lowest BCUT2D eigenvalue weighted by Crippen LogP contribution is -2.37. The Labute approximate surface area is 170 Å². The number of hydrogen-bond donors (Lipinski definition) is 2. The van der Waals surface area contributed by atoms with Gasteiger partial charge >= 0.3 is 0 Å². The number of carbonyl (C=O) groups is 1. The predicted octanol–water partition coefficient (Wildman–Crippen LogP) is 3.99. The molecule has 2 atom stereocenters. The Morgan fingerprint density at radius 3 is 2.56 bits per heavy atom. The highest BCUT2D eigenvalue weighted by Crippen LogP contribution is 2.23. The first-order chi connectivity index (χ1) is 12.1. The number of ether oxygens (including phenoxy) is 1. The summed E-state index contributed by atoms with van der Waals surface area (Å²) in [5.74, 6) is 0.688. The molecule has 1 saturated carbocycles. The fourth-order valence-electron chi connectivity index (χ4n) is 3.00. The molecule has 0 radical (unpaired) electrons. The summed E-state index contributed by atoms with van der Waals surface area (Å²) in [5, 5.41) is 2.95. The van der Waals surface area contributed by atoms with Crippen molar-refractivity contribution in [2.24, 2.45) is 11.7 Å². The van der Waals surface area contributed by atoms with Gasteiger partial charge in [0.25, 0.3) is 0 Å². The van der Waals surface area contributed by atoms with E-state index in [2.05, 4.69) is 10.3 Å². The van der Waals surface area contributed by atoms with Gasteiger partial charge in [-0.1, -0.05) is 12.5 Å². The van der Waals surface area contributed by atoms with E-state index < -0.39 is 0 Å². The zero-order valence-corrected chi connectivity index (χ0v) is 16.4. The summed E-state index contributed by atoms with van der Waals surface area (Å²) in [6.45, 7) is 0.425. The number of halogens is 3. The molecule has 1 aromatic heterocycles. The van der Waals surface area contributed by atoms with E-state index in [1.807, 2.05) is 6.07 Å². The second kappa shape index (κ2) is 11.1. The number of benzene rings is 1. The van der Waals surface area contributed by atoms with Crippen LogP contribution in [0.15, 0.2) is 42.6 Å². The fourth-order valence-corrected chi connectivity index (χ4v) is 3.00. The molecule has 3 N–H and O–H groups in total. The van der Waals surface area contributed by atoms with Gasteiger partial charge in [0.1, 0.15) is 11.6 Å². The number of nitrogens with zero attached hydrogens (tertiary/aromatic N) is 1. The molecule has 1 aromatic carbocycles. The van der Waals surface area contributed by atoms with Crippen molar-refractivity contribution in [1.29, 1.82) is 0 Å². The number of nitrogens with two attached hydrogens (primary N) is 1. The molecule has 1 fully saturated rings. The molecule has 2 unspecified atom stereocenters. The van der Waals surface area contributed by atoms with Gasteiger partial charge < -0.3 is 15.8 Å². The van der Waals surface area contributed by atoms with E-state index >= 15 is 0 Å². The van der Waals surface area contributed by atoms with Gasteiger partial charge in [0.15, 0.2) is 0 Å². The number of aromatic nitrogens is 1. The van der Waals surface area contributed by atoms with Gasteiger partial charge in [-0.3, -0.25) is 4.79 Å². The van der Waals surface area contributed by atoms with Gasteiger partial charge in [0.2, 0.25) is 11.8 Å². The van der Waals surface area contributed by atoms with Crippen LogP contribution in [-0.2, 0) is 11.3 Å². The number of pyridine rings is 1. The van der Waals surface area contributed by atoms with Crippen molar-refractivity contribution in [1.82, 2.24) is 10.3 Å². The number of amides is 1. The van der Waals surface area contributed by atoms with Gasteiger partial charge in [-0.05, 0) is 49.1 Å². The van der Waals surface area contributed by atoms with Crippen LogP contribution in [-0.4, -0.2) is 16.9 Å². The average Bonchev–Trinajstić information content (AvgIpc) is 2.63. The van der Waals surface area contributed by atoms with E-state index in [1.165, 1.54) is 12.1 Å². The Bertz CT molecular complexity index is 714. The third-order valence-electron chi connectivity index (χ3n) is 4.39. The second-order valence-corrected chi connectivity index (χ2v) is 6.40. The molecule has 1 aliphatic rings. The molecule has 2 aromatic rings. The lowest BCUT2D eigenvalue weighted by Gasteiger charge is -2.25. The van der Waals surface area contributed by atoms with E-state index in [0.717, 1.165) is 31.2 Å². The highest BCUT2D eigenvalue weighted by Gasteiger charge is 2.24. The third kappa shape index (κ3) is 6.97. The minimum atomic E-state index is -0.315. The summed E-state index contributed by atoms with van der Waals surface area (Å²) in [7, 11) is 0. The Balaban J connectivity index is 0.00000182. The van der Waals surface area contributed by atoms with Crippen LogP contribution in [0.5, 0.6) is 11.6 Å². The van der Waals surface area contributed by atoms with Crippen LogP contribution >= 0.6 is 24.8 Å². The maximum atomic E-state index is 12.9. The van der Waals surface area contributed by atoms with Gasteiger partial charge in [-0.2, -0.15) is 0 Å². The zero-order chi connectivity index (χ0) is 17.6. The maximum Gasteiger partial charge on any atom is 0.223 e. The van der Waals surface area contributed by atoms with Crippen molar-refractivity contribution in [3.05, 3.63) is 54.0 Å². The summed E-state index contributed by atoms with van der Waals surface area (Å²) in [6, 6.07) is 9.45. The standard InChI is InChI=1S/C19H22FN3O2.2ClH/c20-15-5-7-17(8-6-15)25-18-9-4-13(11-22-18)12-23-19(24)14-2-1-3-16(21)10-14;;/h4-9,11,14,16H,1-3,10,12,21H2,(H,23,24);2*1H. The predicted molar refractivity (Wildman–Crippen MR) is 107 cm³/mol. The van der Waals surface area contributed by atoms with Gasteiger partial charge in [0, 0.05) is 30.8 Å². The molecule has 3 rings (SSSR count). The zero-order valence-electron chi connectivity index (χ0n) is 14.8. The monoisotopic (exact) mass is 415 g/mol. The first kappa shape index (κ1) is 23.1. The molecule has 0 bridgehead atoms. The van der Waals surface area contributed by atoms with Gasteiger partial charge in [-0.15, -0.1) is 24.8 Å². The lowest BCUT2D eigenvalue weighted by atomic mass is 9.85. The third-order valence-corrected chi connectivity index (χ3v) is 4.39. The van der Waals surface area contributed by atoms with Crippen LogP contribution in [0.3, 0.4) is 0 Å². The normalized spacial score (nSPS) is 18.6. The van der Waals surface area contributed by atoms with Crippen LogP contribution in [0.2, 0.25) is 0 Å². The topological polar surface area (TPSA) is 77.2 Å². The van der Waals surface area contributed by atoms with Crippen molar-refractivity contribution < 1.29 is 13.9 Å². The van der Waals surface area contributed by atoms with E-state index in [1.54, 1.807) is 24.4 Å². The van der Waals surface area contributed by atoms with Crippen LogP contribution in [0.25, 0.3) is 0 Å². The van der Waals surface area contributed by atoms with Crippen molar-refractivity contribution in [3.8, 4) is 11.6 Å². The van der Waals surface area contributed by atoms with Crippen molar-refractivity contribution in [2.75, 3.05) is 0 Å². The smallest absolute Gasteiger partial charge is 0.223 e. The molecule has 1 aliphatic carbocycles. The van der Waals surface area contributed by atoms with E-state index in [-0.39, 0.29) is 48.5 Å². The largest absolute Gasteiger partial charge is 0.439 e. The highest BCUT2D eigenvalue weighted by molar-refractivity contribution is 5.85. The second-order valence-electron chi connectivity index (χ2n) is 6.40. The minimum absolute atomic E-state index is 0. The lowest BCUT2D eigenvalue weighted by molar-refractivity contribution is -0.126. The molecule has 8 heteroatoms. The van der Waals surface area contributed by atoms with E-state index in [0.29, 0.717) is 18.2 Å². The average molecular weight is 416 g/mol. The molecule has 1 amide bonds. The Hall–Kier alpha value is -1.89. The number of nitrogens with one attached hydrogen (secondary N) is 1. The highest BCUT2D eigenvalue weighted by atomic mass is 35.5. The first-order valence-electron chi connectivity index (χ1n) is 8.52. The van der Waals surface area contributed by atoms with Crippen LogP contribution < -0.4 is 15.8 Å². The van der Waals surface area contributed by atoms with Crippen LogP contribution in [0.4, 0.5) is 4.39 Å². The summed E-state index contributed by atoms with van der Waals surface area (Å²) in [4.78, 5) is 16.4. The Morgan fingerprint density at radius 2 is 1.93 bits per heavy atom. The molecule has 148 valence electrons. The summed E-state index contributed by atoms with van der Waals surface area (Å²) in [5.41, 5.74) is 6.82. The van der Waals surface area contributed by atoms with Crippen molar-refractivity contribution >= 4 is 30.7 Å². The maximum absolute atomic E-state index is 12.9. The molecule has 0 aliphatic heterocycles. The van der Waals surface area contributed by atoms with Crippen molar-refractivity contribution in [3.63, 3.8) is 0 Å². The Kier molecular flexibility index (Phi) is 9.49. The summed E-state index contributed by atoms with van der Waals surface area (Å²) < 4.78 is 18.4. The summed E-state index contributed by atoms with van der Waals surface area (Å²) in [6.07, 6.45) is 5.34. The summed E-state index contributed by atoms with van der Waals surface area (Å²) >= 11 is 0. The molecule has 0 saturated heterocycles. The van der Waals surface area contributed by atoms with Crippen LogP contribution in [0, 0.1) is 11.7 Å². The number of carbonyl (C=O) groups excluding carboxylic acids is 1. The molecule has 5 nitrogen and oxygen atoms in total. The molecule has 0 spiro atoms. The molecular weight excluding hydrogens is 392 g/mol. The van der Waals surface area contributed by atoms with Gasteiger partial charge in [-0.25, -0.2) is 9.37 Å². The van der Waals surface area contributed by atoms with Crippen LogP contribution in [0.1, 0.15) is 31.2 Å². The first-order valence-corrected chi connectivity index (χ1v) is 8.52. The number of hydrogen-bond acceptors (Lipinski definition) is 4. The van der Waals surface area contributed by atoms with Crippen molar-refractivity contribution in [2.45, 2.75) is 38.3 Å². The SMILES string of the molecule is Cl.Cl.NC1CCCC(C(=O)NCc2ccc(Oc3ccc(F)cc3)nc2)C1. The molecule has 1 heterocycles. The minimum Gasteiger partial charge on any atom is -0.439 e. The molecule has 27 heavy (non-hydrogen) atoms. The fraction of sp³-hybridized carbons (Fsp3) is 0.368. The van der Waals surface area contributed by atoms with Gasteiger partial charge in [0.05, 0.1) is 0 Å². The quantitative estimate of drug-likeness (QED) is 0.773. The van der Waals surface area contributed by atoms with E-state index in [9.17, 15) is 9.18 Å².